The molecule has 0 heterocycles. The van der Waals surface area contributed by atoms with E-state index in [0.717, 1.165) is 38.5 Å². The Morgan fingerprint density at radius 1 is 0.853 bits per heavy atom. The van der Waals surface area contributed by atoms with E-state index in [2.05, 4.69) is 27.7 Å². The zero-order chi connectivity index (χ0) is 25.2. The standard InChI is InChI=1S/C28H48N2O4/c1-5-9-11-13-15-20-25(7-3)29(26(8-4)21-16-14-12-10-6-2)28(31)34-23-24-19-17-18-22-27(24)30(32)33/h17-19,22,25-26H,5-16,20-21,23H2,1-4H3. The Labute approximate surface area is 207 Å². The molecule has 0 saturated heterocycles. The molecule has 34 heavy (non-hydrogen) atoms. The fourth-order valence-corrected chi connectivity index (χ4v) is 4.67. The average molecular weight is 477 g/mol. The van der Waals surface area contributed by atoms with Crippen LogP contribution in [0.3, 0.4) is 0 Å². The molecular weight excluding hydrogens is 428 g/mol. The highest BCUT2D eigenvalue weighted by atomic mass is 16.6. The van der Waals surface area contributed by atoms with Crippen LogP contribution in [0.15, 0.2) is 24.3 Å². The van der Waals surface area contributed by atoms with Crippen LogP contribution in [0.4, 0.5) is 10.5 Å². The molecule has 1 rings (SSSR count). The van der Waals surface area contributed by atoms with Crippen molar-refractivity contribution in [3.05, 3.63) is 39.9 Å². The first-order chi connectivity index (χ1) is 16.5. The molecule has 0 aliphatic rings. The van der Waals surface area contributed by atoms with E-state index < -0.39 is 4.92 Å². The molecule has 1 amide bonds. The minimum atomic E-state index is -0.419. The highest BCUT2D eigenvalue weighted by Crippen LogP contribution is 2.25. The van der Waals surface area contributed by atoms with E-state index in [1.165, 1.54) is 57.4 Å². The van der Waals surface area contributed by atoms with E-state index in [-0.39, 0.29) is 30.5 Å². The van der Waals surface area contributed by atoms with Crippen molar-refractivity contribution in [3.8, 4) is 0 Å². The van der Waals surface area contributed by atoms with Gasteiger partial charge in [-0.25, -0.2) is 4.79 Å². The fourth-order valence-electron chi connectivity index (χ4n) is 4.67. The van der Waals surface area contributed by atoms with Crippen LogP contribution < -0.4 is 0 Å². The first-order valence-corrected chi connectivity index (χ1v) is 13.7. The Morgan fingerprint density at radius 2 is 1.35 bits per heavy atom. The quantitative estimate of drug-likeness (QED) is 0.114. The van der Waals surface area contributed by atoms with Gasteiger partial charge in [-0.05, 0) is 31.7 Å². The molecular formula is C28H48N2O4. The number of ether oxygens (including phenoxy) is 1. The van der Waals surface area contributed by atoms with Gasteiger partial charge in [-0.2, -0.15) is 0 Å². The smallest absolute Gasteiger partial charge is 0.410 e. The minimum absolute atomic E-state index is 0.00668. The van der Waals surface area contributed by atoms with Crippen molar-refractivity contribution < 1.29 is 14.5 Å². The Balaban J connectivity index is 2.92. The number of nitro benzene ring substituents is 1. The largest absolute Gasteiger partial charge is 0.444 e. The third-order valence-electron chi connectivity index (χ3n) is 6.76. The molecule has 1 aromatic carbocycles. The van der Waals surface area contributed by atoms with Crippen molar-refractivity contribution in [1.82, 2.24) is 4.90 Å². The van der Waals surface area contributed by atoms with Crippen molar-refractivity contribution in [2.24, 2.45) is 0 Å². The molecule has 2 atom stereocenters. The summed E-state index contributed by atoms with van der Waals surface area (Å²) in [6.07, 6.45) is 15.4. The first-order valence-electron chi connectivity index (χ1n) is 13.7. The number of hydrogen-bond acceptors (Lipinski definition) is 4. The molecule has 0 N–H and O–H groups in total. The lowest BCUT2D eigenvalue weighted by Crippen LogP contribution is -2.47. The molecule has 0 spiro atoms. The summed E-state index contributed by atoms with van der Waals surface area (Å²) >= 11 is 0. The minimum Gasteiger partial charge on any atom is -0.444 e. The van der Waals surface area contributed by atoms with Gasteiger partial charge in [-0.1, -0.05) is 104 Å². The lowest BCUT2D eigenvalue weighted by atomic mass is 9.98. The van der Waals surface area contributed by atoms with E-state index >= 15 is 0 Å². The Bertz CT molecular complexity index is 673. The highest BCUT2D eigenvalue weighted by molar-refractivity contribution is 5.68. The topological polar surface area (TPSA) is 72.7 Å². The lowest BCUT2D eigenvalue weighted by Gasteiger charge is -2.37. The van der Waals surface area contributed by atoms with Gasteiger partial charge in [-0.15, -0.1) is 0 Å². The summed E-state index contributed by atoms with van der Waals surface area (Å²) in [4.78, 5) is 26.3. The molecule has 1 aromatic rings. The van der Waals surface area contributed by atoms with E-state index in [9.17, 15) is 14.9 Å². The number of carbonyl (C=O) groups excluding carboxylic acids is 1. The first kappa shape index (κ1) is 29.9. The Kier molecular flexibility index (Phi) is 16.1. The van der Waals surface area contributed by atoms with E-state index in [4.69, 9.17) is 4.74 Å². The number of amides is 1. The second kappa shape index (κ2) is 18.2. The summed E-state index contributed by atoms with van der Waals surface area (Å²) in [5.74, 6) is 0. The molecule has 0 aromatic heterocycles. The molecule has 194 valence electrons. The van der Waals surface area contributed by atoms with Gasteiger partial charge in [-0.3, -0.25) is 10.1 Å². The zero-order valence-corrected chi connectivity index (χ0v) is 22.1. The number of benzene rings is 1. The normalized spacial score (nSPS) is 12.8. The van der Waals surface area contributed by atoms with Gasteiger partial charge in [0.05, 0.1) is 10.5 Å². The SMILES string of the molecule is CCCCCCCC(CC)N(C(=O)OCc1ccccc1[N+](=O)[O-])C(CC)CCCCCCC. The van der Waals surface area contributed by atoms with E-state index in [1.807, 2.05) is 4.90 Å². The summed E-state index contributed by atoms with van der Waals surface area (Å²) in [5.41, 5.74) is 0.425. The lowest BCUT2D eigenvalue weighted by molar-refractivity contribution is -0.385. The predicted octanol–water partition coefficient (Wildman–Crippen LogP) is 8.81. The monoisotopic (exact) mass is 476 g/mol. The summed E-state index contributed by atoms with van der Waals surface area (Å²) < 4.78 is 5.72. The van der Waals surface area contributed by atoms with Gasteiger partial charge >= 0.3 is 6.09 Å². The van der Waals surface area contributed by atoms with Crippen molar-refractivity contribution in [2.45, 2.75) is 136 Å². The van der Waals surface area contributed by atoms with Crippen LogP contribution in [-0.2, 0) is 11.3 Å². The number of para-hydroxylation sites is 1. The van der Waals surface area contributed by atoms with Crippen molar-refractivity contribution in [1.29, 1.82) is 0 Å². The van der Waals surface area contributed by atoms with Crippen molar-refractivity contribution in [2.75, 3.05) is 0 Å². The van der Waals surface area contributed by atoms with Gasteiger partial charge in [0.2, 0.25) is 0 Å². The van der Waals surface area contributed by atoms with Crippen LogP contribution >= 0.6 is 0 Å². The molecule has 2 unspecified atom stereocenters. The highest BCUT2D eigenvalue weighted by Gasteiger charge is 2.30. The average Bonchev–Trinajstić information content (AvgIpc) is 2.84. The van der Waals surface area contributed by atoms with Gasteiger partial charge in [0.25, 0.3) is 5.69 Å². The van der Waals surface area contributed by atoms with Gasteiger partial charge < -0.3 is 9.64 Å². The van der Waals surface area contributed by atoms with E-state index in [0.29, 0.717) is 5.56 Å². The van der Waals surface area contributed by atoms with Crippen LogP contribution in [0.2, 0.25) is 0 Å². The van der Waals surface area contributed by atoms with Crippen LogP contribution in [0.5, 0.6) is 0 Å². The molecule has 0 fully saturated rings. The molecule has 6 heteroatoms. The third kappa shape index (κ3) is 10.9. The Morgan fingerprint density at radius 3 is 1.82 bits per heavy atom. The zero-order valence-electron chi connectivity index (χ0n) is 22.1. The van der Waals surface area contributed by atoms with Crippen molar-refractivity contribution >= 4 is 11.8 Å². The van der Waals surface area contributed by atoms with Crippen LogP contribution in [0, 0.1) is 10.1 Å². The van der Waals surface area contributed by atoms with Gasteiger partial charge in [0, 0.05) is 18.2 Å². The maximum atomic E-state index is 13.4. The summed E-state index contributed by atoms with van der Waals surface area (Å²) in [6.45, 7) is 8.65. The third-order valence-corrected chi connectivity index (χ3v) is 6.76. The maximum Gasteiger partial charge on any atom is 0.410 e. The fraction of sp³-hybridized carbons (Fsp3) is 0.750. The Hall–Kier alpha value is -2.11. The number of unbranched alkanes of at least 4 members (excludes halogenated alkanes) is 8. The molecule has 6 nitrogen and oxygen atoms in total. The molecule has 0 radical (unpaired) electrons. The van der Waals surface area contributed by atoms with Gasteiger partial charge in [0.1, 0.15) is 6.61 Å². The van der Waals surface area contributed by atoms with Crippen LogP contribution in [0.25, 0.3) is 0 Å². The second-order valence-corrected chi connectivity index (χ2v) is 9.38. The maximum absolute atomic E-state index is 13.4. The van der Waals surface area contributed by atoms with Crippen LogP contribution in [-0.4, -0.2) is 28.0 Å². The summed E-state index contributed by atoms with van der Waals surface area (Å²) in [6, 6.07) is 6.77. The molecule has 0 saturated carbocycles. The molecule has 0 aliphatic heterocycles. The number of nitrogens with zero attached hydrogens (tertiary/aromatic N) is 2. The number of nitro groups is 1. The summed E-state index contributed by atoms with van der Waals surface area (Å²) in [7, 11) is 0. The number of hydrogen-bond donors (Lipinski definition) is 0. The van der Waals surface area contributed by atoms with Crippen molar-refractivity contribution in [3.63, 3.8) is 0 Å². The predicted molar refractivity (Wildman–Crippen MR) is 140 cm³/mol. The van der Waals surface area contributed by atoms with Crippen LogP contribution in [0.1, 0.15) is 123 Å². The van der Waals surface area contributed by atoms with Gasteiger partial charge in [0.15, 0.2) is 0 Å². The molecule has 0 bridgehead atoms. The summed E-state index contributed by atoms with van der Waals surface area (Å²) in [5, 5.41) is 11.4. The number of rotatable bonds is 19. The second-order valence-electron chi connectivity index (χ2n) is 9.38. The molecule has 0 aliphatic carbocycles. The number of carbonyl (C=O) groups is 1. The van der Waals surface area contributed by atoms with E-state index in [1.54, 1.807) is 18.2 Å².